The Bertz CT molecular complexity index is 219. The highest BCUT2D eigenvalue weighted by atomic mass is 16.5. The highest BCUT2D eigenvalue weighted by Crippen LogP contribution is 2.20. The number of nitrogens with zero attached hydrogens (tertiary/aromatic N) is 1. The van der Waals surface area contributed by atoms with Gasteiger partial charge in [0.1, 0.15) is 0 Å². The van der Waals surface area contributed by atoms with Gasteiger partial charge in [0.05, 0.1) is 12.7 Å². The zero-order valence-electron chi connectivity index (χ0n) is 11.7. The van der Waals surface area contributed by atoms with Gasteiger partial charge in [-0.2, -0.15) is 0 Å². The van der Waals surface area contributed by atoms with Crippen molar-refractivity contribution >= 4 is 0 Å². The number of hydrogen-bond acceptors (Lipinski definition) is 4. The Hall–Kier alpha value is -0.160. The summed E-state index contributed by atoms with van der Waals surface area (Å²) in [7, 11) is 3.71. The van der Waals surface area contributed by atoms with E-state index in [-0.39, 0.29) is 12.1 Å². The first-order chi connectivity index (χ1) is 8.04. The number of nitrogens with one attached hydrogen (secondary N) is 1. The van der Waals surface area contributed by atoms with Crippen LogP contribution in [-0.2, 0) is 4.74 Å². The molecular formula is C13H28N2O2. The number of aliphatic hydroxyl groups is 1. The first-order valence-electron chi connectivity index (χ1n) is 6.61. The lowest BCUT2D eigenvalue weighted by Gasteiger charge is -2.40. The van der Waals surface area contributed by atoms with Crippen molar-refractivity contribution < 1.29 is 9.84 Å². The summed E-state index contributed by atoms with van der Waals surface area (Å²) >= 11 is 0. The minimum Gasteiger partial charge on any atom is -0.394 e. The second-order valence-corrected chi connectivity index (χ2v) is 5.52. The molecule has 17 heavy (non-hydrogen) atoms. The molecule has 3 atom stereocenters. The van der Waals surface area contributed by atoms with Gasteiger partial charge in [0, 0.05) is 25.2 Å². The average molecular weight is 244 g/mol. The van der Waals surface area contributed by atoms with Crippen LogP contribution in [0.1, 0.15) is 33.1 Å². The van der Waals surface area contributed by atoms with E-state index < -0.39 is 0 Å². The molecule has 1 heterocycles. The van der Waals surface area contributed by atoms with Crippen LogP contribution in [0.15, 0.2) is 0 Å². The van der Waals surface area contributed by atoms with Crippen LogP contribution in [0.4, 0.5) is 0 Å². The van der Waals surface area contributed by atoms with E-state index in [1.54, 1.807) is 7.11 Å². The van der Waals surface area contributed by atoms with Crippen LogP contribution in [0.5, 0.6) is 0 Å². The van der Waals surface area contributed by atoms with E-state index in [0.29, 0.717) is 12.1 Å². The standard InChI is InChI=1S/C13H28N2O2/c1-11(8-13(2,10-16)14-3)15-7-5-6-12(9-15)17-4/h11-12,14,16H,5-10H2,1-4H3. The molecule has 0 aromatic carbocycles. The summed E-state index contributed by atoms with van der Waals surface area (Å²) in [6, 6.07) is 0.470. The summed E-state index contributed by atoms with van der Waals surface area (Å²) in [5.74, 6) is 0. The Morgan fingerprint density at radius 3 is 2.82 bits per heavy atom. The molecular weight excluding hydrogens is 216 g/mol. The fourth-order valence-electron chi connectivity index (χ4n) is 2.59. The molecule has 3 unspecified atom stereocenters. The smallest absolute Gasteiger partial charge is 0.0698 e. The van der Waals surface area contributed by atoms with Gasteiger partial charge < -0.3 is 15.2 Å². The van der Waals surface area contributed by atoms with Crippen LogP contribution in [0, 0.1) is 0 Å². The van der Waals surface area contributed by atoms with E-state index in [9.17, 15) is 5.11 Å². The molecule has 0 bridgehead atoms. The maximum Gasteiger partial charge on any atom is 0.0698 e. The molecule has 1 saturated heterocycles. The Morgan fingerprint density at radius 1 is 1.59 bits per heavy atom. The molecule has 1 aliphatic rings. The van der Waals surface area contributed by atoms with Crippen molar-refractivity contribution in [1.29, 1.82) is 0 Å². The fraction of sp³-hybridized carbons (Fsp3) is 1.00. The van der Waals surface area contributed by atoms with Crippen LogP contribution in [0.25, 0.3) is 0 Å². The number of ether oxygens (including phenoxy) is 1. The number of rotatable bonds is 6. The monoisotopic (exact) mass is 244 g/mol. The van der Waals surface area contributed by atoms with Gasteiger partial charge in [-0.05, 0) is 46.7 Å². The quantitative estimate of drug-likeness (QED) is 0.727. The molecule has 0 aromatic heterocycles. The highest BCUT2D eigenvalue weighted by molar-refractivity contribution is 4.87. The largest absolute Gasteiger partial charge is 0.394 e. The van der Waals surface area contributed by atoms with Gasteiger partial charge in [0.25, 0.3) is 0 Å². The van der Waals surface area contributed by atoms with Gasteiger partial charge in [0.15, 0.2) is 0 Å². The first-order valence-corrected chi connectivity index (χ1v) is 6.61. The number of aliphatic hydroxyl groups excluding tert-OH is 1. The third kappa shape index (κ3) is 4.21. The summed E-state index contributed by atoms with van der Waals surface area (Å²) in [4.78, 5) is 2.48. The average Bonchev–Trinajstić information content (AvgIpc) is 2.38. The third-order valence-corrected chi connectivity index (χ3v) is 4.06. The number of likely N-dealkylation sites (N-methyl/N-ethyl adjacent to an activating group) is 1. The second-order valence-electron chi connectivity index (χ2n) is 5.52. The normalized spacial score (nSPS) is 27.7. The van der Waals surface area contributed by atoms with Crippen LogP contribution in [0.2, 0.25) is 0 Å². The molecule has 1 aliphatic heterocycles. The summed E-state index contributed by atoms with van der Waals surface area (Å²) in [5.41, 5.74) is -0.181. The molecule has 4 heteroatoms. The van der Waals surface area contributed by atoms with Crippen LogP contribution in [-0.4, -0.2) is 61.5 Å². The van der Waals surface area contributed by atoms with E-state index >= 15 is 0 Å². The summed E-state index contributed by atoms with van der Waals surface area (Å²) in [6.07, 6.45) is 3.71. The zero-order chi connectivity index (χ0) is 12.9. The topological polar surface area (TPSA) is 44.7 Å². The second kappa shape index (κ2) is 6.69. The lowest BCUT2D eigenvalue weighted by Crippen LogP contribution is -2.51. The van der Waals surface area contributed by atoms with Gasteiger partial charge in [-0.3, -0.25) is 4.90 Å². The van der Waals surface area contributed by atoms with E-state index in [0.717, 1.165) is 19.5 Å². The molecule has 102 valence electrons. The van der Waals surface area contributed by atoms with Gasteiger partial charge in [-0.1, -0.05) is 0 Å². The van der Waals surface area contributed by atoms with Gasteiger partial charge in [0.2, 0.25) is 0 Å². The molecule has 2 N–H and O–H groups in total. The third-order valence-electron chi connectivity index (χ3n) is 4.06. The minimum absolute atomic E-state index is 0.176. The Kier molecular flexibility index (Phi) is 5.86. The van der Waals surface area contributed by atoms with Gasteiger partial charge in [-0.25, -0.2) is 0 Å². The van der Waals surface area contributed by atoms with Crippen LogP contribution >= 0.6 is 0 Å². The molecule has 0 aromatic rings. The van der Waals surface area contributed by atoms with Crippen LogP contribution in [0.3, 0.4) is 0 Å². The van der Waals surface area contributed by atoms with Crippen molar-refractivity contribution in [3.8, 4) is 0 Å². The molecule has 0 saturated carbocycles. The van der Waals surface area contributed by atoms with Gasteiger partial charge >= 0.3 is 0 Å². The molecule has 1 rings (SSSR count). The van der Waals surface area contributed by atoms with Crippen molar-refractivity contribution in [2.75, 3.05) is 33.9 Å². The van der Waals surface area contributed by atoms with Crippen LogP contribution < -0.4 is 5.32 Å². The molecule has 4 nitrogen and oxygen atoms in total. The SMILES string of the molecule is CNC(C)(CO)CC(C)N1CCCC(OC)C1. The molecule has 0 spiro atoms. The molecule has 0 aliphatic carbocycles. The van der Waals surface area contributed by atoms with Crippen molar-refractivity contribution in [3.63, 3.8) is 0 Å². The summed E-state index contributed by atoms with van der Waals surface area (Å²) < 4.78 is 5.45. The lowest BCUT2D eigenvalue weighted by molar-refractivity contribution is 0.00900. The van der Waals surface area contributed by atoms with Crippen molar-refractivity contribution in [2.45, 2.75) is 50.8 Å². The number of piperidine rings is 1. The molecule has 1 fully saturated rings. The fourth-order valence-corrected chi connectivity index (χ4v) is 2.59. The minimum atomic E-state index is -0.181. The Labute approximate surface area is 105 Å². The first kappa shape index (κ1) is 14.9. The predicted octanol–water partition coefficient (Wildman–Crippen LogP) is 0.846. The van der Waals surface area contributed by atoms with E-state index in [2.05, 4.69) is 24.1 Å². The number of methoxy groups -OCH3 is 1. The van der Waals surface area contributed by atoms with Crippen molar-refractivity contribution in [3.05, 3.63) is 0 Å². The molecule has 0 amide bonds. The Morgan fingerprint density at radius 2 is 2.29 bits per heavy atom. The number of likely N-dealkylation sites (tertiary alicyclic amines) is 1. The van der Waals surface area contributed by atoms with E-state index in [4.69, 9.17) is 4.74 Å². The zero-order valence-corrected chi connectivity index (χ0v) is 11.7. The maximum absolute atomic E-state index is 9.42. The van der Waals surface area contributed by atoms with Crippen molar-refractivity contribution in [2.24, 2.45) is 0 Å². The summed E-state index contributed by atoms with van der Waals surface area (Å²) in [6.45, 7) is 6.65. The molecule has 0 radical (unpaired) electrons. The van der Waals surface area contributed by atoms with E-state index in [1.807, 2.05) is 7.05 Å². The predicted molar refractivity (Wildman–Crippen MR) is 70.2 cm³/mol. The lowest BCUT2D eigenvalue weighted by atomic mass is 9.93. The Balaban J connectivity index is 2.48. The highest BCUT2D eigenvalue weighted by Gasteiger charge is 2.29. The maximum atomic E-state index is 9.42. The van der Waals surface area contributed by atoms with Crippen molar-refractivity contribution in [1.82, 2.24) is 10.2 Å². The van der Waals surface area contributed by atoms with Gasteiger partial charge in [-0.15, -0.1) is 0 Å². The van der Waals surface area contributed by atoms with E-state index in [1.165, 1.54) is 12.8 Å². The summed E-state index contributed by atoms with van der Waals surface area (Å²) in [5, 5.41) is 12.6. The number of hydrogen-bond donors (Lipinski definition) is 2.